The molecule has 5 N–H and O–H groups in total. The van der Waals surface area contributed by atoms with Gasteiger partial charge in [-0.3, -0.25) is 4.79 Å². The zero-order valence-electron chi connectivity index (χ0n) is 20.3. The van der Waals surface area contributed by atoms with Gasteiger partial charge in [0, 0.05) is 17.4 Å². The van der Waals surface area contributed by atoms with E-state index in [0.29, 0.717) is 5.57 Å². The first kappa shape index (κ1) is 24.4. The Balaban J connectivity index is 1.24. The maximum absolute atomic E-state index is 13.1. The molecule has 6 fully saturated rings. The van der Waals surface area contributed by atoms with Crippen LogP contribution in [-0.4, -0.2) is 123 Å². The van der Waals surface area contributed by atoms with Crippen LogP contribution in [0.2, 0.25) is 0 Å². The Hall–Kier alpha value is -1.68. The summed E-state index contributed by atoms with van der Waals surface area (Å²) in [6.45, 7) is 4.52. The van der Waals surface area contributed by atoms with Crippen molar-refractivity contribution in [1.82, 2.24) is 0 Å². The topological polar surface area (TPSA) is 197 Å². The Bertz CT molecular complexity index is 1090. The number of carbonyl (C=O) groups excluding carboxylic acids is 2. The molecule has 0 radical (unpaired) electrons. The van der Waals surface area contributed by atoms with Gasteiger partial charge in [0.1, 0.15) is 48.1 Å². The summed E-state index contributed by atoms with van der Waals surface area (Å²) in [6.07, 6.45) is -11.6. The van der Waals surface area contributed by atoms with Crippen LogP contribution in [0.4, 0.5) is 0 Å². The van der Waals surface area contributed by atoms with Gasteiger partial charge in [-0.05, 0) is 19.4 Å². The Morgan fingerprint density at radius 1 is 0.973 bits per heavy atom. The first-order valence-electron chi connectivity index (χ1n) is 12.5. The van der Waals surface area contributed by atoms with Crippen molar-refractivity contribution in [1.29, 1.82) is 0 Å². The van der Waals surface area contributed by atoms with E-state index in [1.165, 1.54) is 6.08 Å². The molecule has 0 aromatic carbocycles. The summed E-state index contributed by atoms with van der Waals surface area (Å²) in [6, 6.07) is 0. The molecule has 13 nitrogen and oxygen atoms in total. The molecular formula is C24H30O13. The van der Waals surface area contributed by atoms with Crippen LogP contribution in [0, 0.1) is 16.7 Å². The van der Waals surface area contributed by atoms with Gasteiger partial charge >= 0.3 is 11.9 Å². The third kappa shape index (κ3) is 2.70. The molecule has 2 unspecified atom stereocenters. The van der Waals surface area contributed by atoms with Crippen LogP contribution in [0.5, 0.6) is 0 Å². The molecule has 5 aliphatic heterocycles. The van der Waals surface area contributed by atoms with E-state index in [9.17, 15) is 35.1 Å². The van der Waals surface area contributed by atoms with E-state index in [-0.39, 0.29) is 0 Å². The monoisotopic (exact) mass is 526 g/mol. The highest BCUT2D eigenvalue weighted by molar-refractivity contribution is 5.88. The van der Waals surface area contributed by atoms with Crippen molar-refractivity contribution in [3.05, 3.63) is 11.6 Å². The molecule has 0 amide bonds. The number of cyclic esters (lactones) is 1. The third-order valence-corrected chi connectivity index (χ3v) is 9.88. The number of epoxide rings is 2. The predicted molar refractivity (Wildman–Crippen MR) is 114 cm³/mol. The van der Waals surface area contributed by atoms with Crippen LogP contribution in [0.1, 0.15) is 20.8 Å². The predicted octanol–water partition coefficient (Wildman–Crippen LogP) is -3.11. The highest BCUT2D eigenvalue weighted by Crippen LogP contribution is 2.75. The van der Waals surface area contributed by atoms with Gasteiger partial charge in [-0.25, -0.2) is 4.79 Å². The number of carbonyl (C=O) groups is 2. The van der Waals surface area contributed by atoms with Gasteiger partial charge in [-0.1, -0.05) is 6.92 Å². The minimum Gasteiger partial charge on any atom is -0.459 e. The van der Waals surface area contributed by atoms with Crippen molar-refractivity contribution >= 4 is 11.9 Å². The largest absolute Gasteiger partial charge is 0.459 e. The fraction of sp³-hybridized carbons (Fsp3) is 0.833. The molecule has 204 valence electrons. The maximum Gasteiger partial charge on any atom is 0.331 e. The normalized spacial score (nSPS) is 59.6. The molecule has 0 aromatic heterocycles. The lowest BCUT2D eigenvalue weighted by Crippen LogP contribution is -2.66. The molecule has 0 bridgehead atoms. The number of esters is 2. The lowest BCUT2D eigenvalue weighted by Gasteiger charge is -2.53. The first-order chi connectivity index (χ1) is 17.4. The van der Waals surface area contributed by atoms with Crippen molar-refractivity contribution < 1.29 is 63.5 Å². The van der Waals surface area contributed by atoms with Gasteiger partial charge in [0.2, 0.25) is 0 Å². The molecule has 5 heterocycles. The lowest BCUT2D eigenvalue weighted by molar-refractivity contribution is -0.317. The number of aliphatic hydroxyl groups is 5. The number of aliphatic hydroxyl groups excluding tert-OH is 5. The Labute approximate surface area is 210 Å². The summed E-state index contributed by atoms with van der Waals surface area (Å²) in [5.74, 6) is -1.71. The van der Waals surface area contributed by atoms with Crippen molar-refractivity contribution in [3.63, 3.8) is 0 Å². The van der Waals surface area contributed by atoms with Crippen LogP contribution in [0.3, 0.4) is 0 Å². The fourth-order valence-electron chi connectivity index (χ4n) is 8.02. The van der Waals surface area contributed by atoms with Gasteiger partial charge in [-0.15, -0.1) is 0 Å². The van der Waals surface area contributed by atoms with E-state index in [4.69, 9.17) is 28.4 Å². The molecule has 13 heteroatoms. The Morgan fingerprint density at radius 3 is 2.41 bits per heavy atom. The highest BCUT2D eigenvalue weighted by atomic mass is 16.7. The second kappa shape index (κ2) is 7.29. The van der Waals surface area contributed by atoms with Crippen molar-refractivity contribution in [2.45, 2.75) is 99.8 Å². The molecule has 37 heavy (non-hydrogen) atoms. The molecule has 7 aliphatic rings. The highest BCUT2D eigenvalue weighted by Gasteiger charge is 2.89. The van der Waals surface area contributed by atoms with E-state index in [1.54, 1.807) is 13.8 Å². The van der Waals surface area contributed by atoms with Crippen LogP contribution in [0.25, 0.3) is 0 Å². The zero-order chi connectivity index (χ0) is 26.4. The van der Waals surface area contributed by atoms with E-state index in [2.05, 4.69) is 0 Å². The number of hydrogen-bond donors (Lipinski definition) is 5. The minimum absolute atomic E-state index is 0.459. The van der Waals surface area contributed by atoms with Gasteiger partial charge in [0.15, 0.2) is 18.0 Å². The van der Waals surface area contributed by atoms with E-state index < -0.39 is 114 Å². The van der Waals surface area contributed by atoms with Crippen molar-refractivity contribution in [2.75, 3.05) is 6.61 Å². The summed E-state index contributed by atoms with van der Waals surface area (Å²) < 4.78 is 35.0. The first-order valence-corrected chi connectivity index (χ1v) is 12.5. The molecule has 4 saturated heterocycles. The van der Waals surface area contributed by atoms with Gasteiger partial charge in [0.05, 0.1) is 24.9 Å². The summed E-state index contributed by atoms with van der Waals surface area (Å²) in [7, 11) is 0. The SMILES string of the molecule is C[C@H](O[C@@H]1O[C@H](CO)[C@@H](O)[C@H](O)[C@H]1O)[C@H]1OC(=O)C=C2[C@@]13O[C@@H]3C1OC(=O)[C@]3(C)C1[C@]2(C)[C@H]1O[C@H]1[C@@H]3O. The van der Waals surface area contributed by atoms with Crippen molar-refractivity contribution in [2.24, 2.45) is 16.7 Å². The third-order valence-electron chi connectivity index (χ3n) is 9.88. The van der Waals surface area contributed by atoms with Gasteiger partial charge in [0.25, 0.3) is 0 Å². The summed E-state index contributed by atoms with van der Waals surface area (Å²) in [5.41, 5.74) is -2.75. The molecule has 2 saturated carbocycles. The summed E-state index contributed by atoms with van der Waals surface area (Å²) in [4.78, 5) is 26.0. The average molecular weight is 526 g/mol. The van der Waals surface area contributed by atoms with Crippen molar-refractivity contribution in [3.8, 4) is 0 Å². The quantitative estimate of drug-likeness (QED) is 0.182. The van der Waals surface area contributed by atoms with Crippen LogP contribution in [0.15, 0.2) is 11.6 Å². The standard InChI is InChI=1S/C24H30O13/c1-6(32-20-12(29)11(28)10(27)7(5-25)33-20)17-24-8(4-9(26)34-17)22(2)15-13(19(24)37-24)36-21(31)23(15,3)16(30)14-18(22)35-14/h4,6-7,10-20,25,27-30H,5H2,1-3H3/t6-,7+,10+,11-,12+,13?,14-,15?,16-,17+,18-,19+,20+,22+,23+,24+/m0/s1. The van der Waals surface area contributed by atoms with Gasteiger partial charge in [-0.2, -0.15) is 0 Å². The average Bonchev–Trinajstić information content (AvgIpc) is 3.77. The molecule has 16 atom stereocenters. The molecule has 0 aromatic rings. The fourth-order valence-corrected chi connectivity index (χ4v) is 8.02. The number of ether oxygens (including phenoxy) is 6. The maximum atomic E-state index is 13.1. The lowest BCUT2D eigenvalue weighted by atomic mass is 9.46. The number of rotatable bonds is 4. The molecule has 7 rings (SSSR count). The Kier molecular flexibility index (Phi) is 4.80. The number of fused-ring (bicyclic) bond motifs is 4. The van der Waals surface area contributed by atoms with E-state index >= 15 is 0 Å². The van der Waals surface area contributed by atoms with Gasteiger partial charge < -0.3 is 54.0 Å². The molecular weight excluding hydrogens is 496 g/mol. The van der Waals surface area contributed by atoms with E-state index in [1.807, 2.05) is 6.92 Å². The van der Waals surface area contributed by atoms with Crippen LogP contribution < -0.4 is 0 Å². The smallest absolute Gasteiger partial charge is 0.331 e. The molecule has 2 aliphatic carbocycles. The second-order valence-corrected chi connectivity index (χ2v) is 11.7. The minimum atomic E-state index is -1.65. The summed E-state index contributed by atoms with van der Waals surface area (Å²) >= 11 is 0. The zero-order valence-corrected chi connectivity index (χ0v) is 20.3. The summed E-state index contributed by atoms with van der Waals surface area (Å²) in [5, 5.41) is 51.1. The second-order valence-electron chi connectivity index (χ2n) is 11.7. The van der Waals surface area contributed by atoms with Crippen LogP contribution >= 0.6 is 0 Å². The Morgan fingerprint density at radius 2 is 1.70 bits per heavy atom. The molecule has 1 spiro atoms. The van der Waals surface area contributed by atoms with E-state index in [0.717, 1.165) is 0 Å². The number of hydrogen-bond acceptors (Lipinski definition) is 13. The van der Waals surface area contributed by atoms with Crippen LogP contribution in [-0.2, 0) is 38.0 Å².